The monoisotopic (exact) mass is 199 g/mol. The summed E-state index contributed by atoms with van der Waals surface area (Å²) in [5.74, 6) is 0. The van der Waals surface area contributed by atoms with Gasteiger partial charge in [0.2, 0.25) is 0 Å². The Bertz CT molecular complexity index is 341. The van der Waals surface area contributed by atoms with Gasteiger partial charge in [0.1, 0.15) is 0 Å². The highest BCUT2D eigenvalue weighted by atomic mass is 32.1. The fraction of sp³-hybridized carbons (Fsp3) is 0. The van der Waals surface area contributed by atoms with Crippen LogP contribution in [0.1, 0.15) is 11.1 Å². The standard InChI is InChI=1S/C13H11S/c14-13(11-7-3-1-4-8-11)12-9-5-2-6-10-12/h1-10,14H. The van der Waals surface area contributed by atoms with Gasteiger partial charge in [0, 0.05) is 0 Å². The van der Waals surface area contributed by atoms with Crippen molar-refractivity contribution in [1.29, 1.82) is 0 Å². The number of rotatable bonds is 2. The minimum Gasteiger partial charge on any atom is -0.161 e. The van der Waals surface area contributed by atoms with Gasteiger partial charge in [-0.15, -0.1) is 0 Å². The van der Waals surface area contributed by atoms with Gasteiger partial charge in [-0.3, -0.25) is 0 Å². The third kappa shape index (κ3) is 1.99. The van der Waals surface area contributed by atoms with Crippen molar-refractivity contribution in [1.82, 2.24) is 0 Å². The van der Waals surface area contributed by atoms with E-state index in [0.29, 0.717) is 0 Å². The van der Waals surface area contributed by atoms with E-state index in [2.05, 4.69) is 36.9 Å². The summed E-state index contributed by atoms with van der Waals surface area (Å²) in [6, 6.07) is 20.4. The summed E-state index contributed by atoms with van der Waals surface area (Å²) in [5.41, 5.74) is 2.31. The van der Waals surface area contributed by atoms with Gasteiger partial charge in [0.15, 0.2) is 0 Å². The Hall–Kier alpha value is -1.21. The van der Waals surface area contributed by atoms with E-state index >= 15 is 0 Å². The predicted molar refractivity (Wildman–Crippen MR) is 63.3 cm³/mol. The highest BCUT2D eigenvalue weighted by Crippen LogP contribution is 2.26. The van der Waals surface area contributed by atoms with Crippen LogP contribution >= 0.6 is 12.6 Å². The molecule has 1 radical (unpaired) electrons. The number of thiol groups is 1. The van der Waals surface area contributed by atoms with Gasteiger partial charge in [-0.05, 0) is 11.1 Å². The van der Waals surface area contributed by atoms with Gasteiger partial charge in [-0.2, -0.15) is 12.6 Å². The third-order valence-electron chi connectivity index (χ3n) is 2.09. The Kier molecular flexibility index (Phi) is 2.90. The maximum Gasteiger partial charge on any atom is 0.0853 e. The smallest absolute Gasteiger partial charge is 0.0853 e. The second-order valence-electron chi connectivity index (χ2n) is 3.08. The van der Waals surface area contributed by atoms with Crippen LogP contribution in [0.2, 0.25) is 0 Å². The van der Waals surface area contributed by atoms with Crippen LogP contribution in [-0.2, 0) is 0 Å². The molecule has 0 unspecified atom stereocenters. The molecule has 0 heterocycles. The SMILES string of the molecule is S[C](c1ccccc1)c1ccccc1. The number of hydrogen-bond donors (Lipinski definition) is 1. The maximum absolute atomic E-state index is 4.53. The predicted octanol–water partition coefficient (Wildman–Crippen LogP) is 3.54. The molecule has 69 valence electrons. The maximum atomic E-state index is 4.53. The summed E-state index contributed by atoms with van der Waals surface area (Å²) in [4.78, 5) is 0. The molecule has 0 aliphatic rings. The average molecular weight is 199 g/mol. The van der Waals surface area contributed by atoms with Crippen molar-refractivity contribution in [2.24, 2.45) is 0 Å². The van der Waals surface area contributed by atoms with E-state index in [1.807, 2.05) is 36.4 Å². The molecule has 2 aromatic rings. The van der Waals surface area contributed by atoms with Crippen molar-refractivity contribution in [3.63, 3.8) is 0 Å². The van der Waals surface area contributed by atoms with E-state index in [-0.39, 0.29) is 0 Å². The summed E-state index contributed by atoms with van der Waals surface area (Å²) in [6.07, 6.45) is 0. The molecule has 0 spiro atoms. The first-order chi connectivity index (χ1) is 6.88. The van der Waals surface area contributed by atoms with Crippen molar-refractivity contribution < 1.29 is 0 Å². The minimum atomic E-state index is 1.02. The molecule has 0 nitrogen and oxygen atoms in total. The van der Waals surface area contributed by atoms with Crippen LogP contribution in [-0.4, -0.2) is 0 Å². The van der Waals surface area contributed by atoms with E-state index in [1.165, 1.54) is 0 Å². The van der Waals surface area contributed by atoms with E-state index < -0.39 is 0 Å². The molecule has 0 atom stereocenters. The second kappa shape index (κ2) is 4.34. The average Bonchev–Trinajstić information content (AvgIpc) is 2.30. The Morgan fingerprint density at radius 2 is 1.00 bits per heavy atom. The van der Waals surface area contributed by atoms with Crippen molar-refractivity contribution in [2.75, 3.05) is 0 Å². The molecule has 2 rings (SSSR count). The van der Waals surface area contributed by atoms with E-state index in [4.69, 9.17) is 0 Å². The van der Waals surface area contributed by atoms with Gasteiger partial charge < -0.3 is 0 Å². The summed E-state index contributed by atoms with van der Waals surface area (Å²) >= 11 is 4.53. The summed E-state index contributed by atoms with van der Waals surface area (Å²) in [7, 11) is 0. The lowest BCUT2D eigenvalue weighted by Gasteiger charge is -2.09. The first-order valence-corrected chi connectivity index (χ1v) is 4.99. The number of benzene rings is 2. The van der Waals surface area contributed by atoms with Gasteiger partial charge in [-0.25, -0.2) is 0 Å². The minimum absolute atomic E-state index is 1.02. The van der Waals surface area contributed by atoms with Gasteiger partial charge in [-0.1, -0.05) is 60.7 Å². The zero-order valence-electron chi connectivity index (χ0n) is 7.72. The second-order valence-corrected chi connectivity index (χ2v) is 3.53. The Balaban J connectivity index is 2.30. The fourth-order valence-electron chi connectivity index (χ4n) is 1.36. The highest BCUT2D eigenvalue weighted by molar-refractivity contribution is 7.84. The van der Waals surface area contributed by atoms with E-state index in [0.717, 1.165) is 16.4 Å². The molecular weight excluding hydrogens is 188 g/mol. The molecule has 0 N–H and O–H groups in total. The van der Waals surface area contributed by atoms with Crippen LogP contribution in [0.15, 0.2) is 60.7 Å². The van der Waals surface area contributed by atoms with E-state index in [9.17, 15) is 0 Å². The topological polar surface area (TPSA) is 0 Å². The van der Waals surface area contributed by atoms with Crippen LogP contribution in [0.25, 0.3) is 0 Å². The molecule has 0 saturated carbocycles. The Morgan fingerprint density at radius 3 is 1.36 bits per heavy atom. The molecule has 14 heavy (non-hydrogen) atoms. The van der Waals surface area contributed by atoms with Crippen molar-refractivity contribution >= 4 is 12.6 Å². The molecule has 2 aromatic carbocycles. The summed E-state index contributed by atoms with van der Waals surface area (Å²) in [5, 5.41) is 1.02. The fourth-order valence-corrected chi connectivity index (χ4v) is 1.66. The zero-order chi connectivity index (χ0) is 9.80. The van der Waals surface area contributed by atoms with Crippen LogP contribution in [0, 0.1) is 5.25 Å². The third-order valence-corrected chi connectivity index (χ3v) is 2.61. The lowest BCUT2D eigenvalue weighted by Crippen LogP contribution is -1.92. The Morgan fingerprint density at radius 1 is 0.643 bits per heavy atom. The molecule has 0 amide bonds. The molecule has 1 heteroatoms. The molecule has 0 bridgehead atoms. The lowest BCUT2D eigenvalue weighted by atomic mass is 10.0. The normalized spacial score (nSPS) is 10.4. The van der Waals surface area contributed by atoms with Crippen LogP contribution in [0.4, 0.5) is 0 Å². The van der Waals surface area contributed by atoms with Crippen molar-refractivity contribution in [2.45, 2.75) is 0 Å². The quantitative estimate of drug-likeness (QED) is 0.703. The number of hydrogen-bond acceptors (Lipinski definition) is 1. The van der Waals surface area contributed by atoms with Crippen LogP contribution in [0.5, 0.6) is 0 Å². The highest BCUT2D eigenvalue weighted by Gasteiger charge is 2.08. The van der Waals surface area contributed by atoms with Gasteiger partial charge >= 0.3 is 0 Å². The van der Waals surface area contributed by atoms with Crippen LogP contribution in [0.3, 0.4) is 0 Å². The summed E-state index contributed by atoms with van der Waals surface area (Å²) in [6.45, 7) is 0. The van der Waals surface area contributed by atoms with Gasteiger partial charge in [0.25, 0.3) is 0 Å². The first-order valence-electron chi connectivity index (χ1n) is 4.54. The molecule has 0 saturated heterocycles. The molecular formula is C13H11S. The first kappa shape index (κ1) is 9.35. The van der Waals surface area contributed by atoms with Crippen LogP contribution < -0.4 is 0 Å². The molecule has 0 aliphatic heterocycles. The Labute approximate surface area is 90.0 Å². The van der Waals surface area contributed by atoms with Gasteiger partial charge in [0.05, 0.1) is 5.25 Å². The van der Waals surface area contributed by atoms with Crippen molar-refractivity contribution in [3.05, 3.63) is 77.0 Å². The lowest BCUT2D eigenvalue weighted by molar-refractivity contribution is 1.40. The molecule has 0 aromatic heterocycles. The van der Waals surface area contributed by atoms with Crippen molar-refractivity contribution in [3.8, 4) is 0 Å². The zero-order valence-corrected chi connectivity index (χ0v) is 8.62. The largest absolute Gasteiger partial charge is 0.161 e. The summed E-state index contributed by atoms with van der Waals surface area (Å²) < 4.78 is 0. The van der Waals surface area contributed by atoms with E-state index in [1.54, 1.807) is 0 Å². The molecule has 0 aliphatic carbocycles. The molecule has 0 fully saturated rings.